The first-order chi connectivity index (χ1) is 12.6. The zero-order valence-corrected chi connectivity index (χ0v) is 14.1. The highest BCUT2D eigenvalue weighted by atomic mass is 35.5. The highest BCUT2D eigenvalue weighted by Crippen LogP contribution is 2.36. The van der Waals surface area contributed by atoms with Crippen LogP contribution in [0.25, 0.3) is 27.8 Å². The topological polar surface area (TPSA) is 73.0 Å². The summed E-state index contributed by atoms with van der Waals surface area (Å²) in [5, 5.41) is 4.15. The summed E-state index contributed by atoms with van der Waals surface area (Å²) in [5.74, 6) is 0.239. The van der Waals surface area contributed by atoms with Gasteiger partial charge in [0.1, 0.15) is 17.3 Å². The minimum atomic E-state index is -0.938. The Balaban J connectivity index is 1.88. The van der Waals surface area contributed by atoms with E-state index in [9.17, 15) is 9.18 Å². The molecule has 0 amide bonds. The van der Waals surface area contributed by atoms with Crippen molar-refractivity contribution in [3.63, 3.8) is 0 Å². The summed E-state index contributed by atoms with van der Waals surface area (Å²) in [4.78, 5) is 20.9. The van der Waals surface area contributed by atoms with Gasteiger partial charge in [0.25, 0.3) is 0 Å². The molecule has 1 aromatic carbocycles. The van der Waals surface area contributed by atoms with E-state index in [1.54, 1.807) is 42.7 Å². The third kappa shape index (κ3) is 2.35. The van der Waals surface area contributed by atoms with E-state index in [0.717, 1.165) is 0 Å². The molecule has 1 N–H and O–H groups in total. The van der Waals surface area contributed by atoms with Gasteiger partial charge in [-0.05, 0) is 30.3 Å². The summed E-state index contributed by atoms with van der Waals surface area (Å²) in [6, 6.07) is 8.30. The van der Waals surface area contributed by atoms with Crippen LogP contribution in [-0.2, 0) is 0 Å². The van der Waals surface area contributed by atoms with Crippen molar-refractivity contribution in [2.75, 3.05) is 5.32 Å². The van der Waals surface area contributed by atoms with Crippen molar-refractivity contribution in [3.8, 4) is 5.69 Å². The lowest BCUT2D eigenvalue weighted by molar-refractivity contribution is 0.472. The van der Waals surface area contributed by atoms with Gasteiger partial charge in [0.05, 0.1) is 17.9 Å². The zero-order valence-electron chi connectivity index (χ0n) is 13.3. The summed E-state index contributed by atoms with van der Waals surface area (Å²) in [6.07, 6.45) is 2.64. The number of hydrogen-bond donors (Lipinski definition) is 1. The molecule has 0 aliphatic heterocycles. The molecular weight excluding hydrogens is 359 g/mol. The van der Waals surface area contributed by atoms with Crippen molar-refractivity contribution in [1.82, 2.24) is 14.5 Å². The maximum Gasteiger partial charge on any atom is 0.354 e. The number of anilines is 1. The first-order valence-corrected chi connectivity index (χ1v) is 8.45. The SMILES string of the molecule is O=c1nc(N[C@@H]2C[C@@H]2F)c2oc3ccc(Cl)cc3c2n1-c1cccnc1. The van der Waals surface area contributed by atoms with Crippen LogP contribution in [0.2, 0.25) is 5.02 Å². The highest BCUT2D eigenvalue weighted by molar-refractivity contribution is 6.31. The van der Waals surface area contributed by atoms with Gasteiger partial charge in [0.2, 0.25) is 0 Å². The predicted molar refractivity (Wildman–Crippen MR) is 96.8 cm³/mol. The average molecular weight is 371 g/mol. The van der Waals surface area contributed by atoms with Gasteiger partial charge in [-0.25, -0.2) is 9.18 Å². The number of alkyl halides is 1. The number of furan rings is 1. The first-order valence-electron chi connectivity index (χ1n) is 8.07. The third-order valence-corrected chi connectivity index (χ3v) is 4.64. The second-order valence-electron chi connectivity index (χ2n) is 6.21. The van der Waals surface area contributed by atoms with Gasteiger partial charge in [0, 0.05) is 23.0 Å². The number of nitrogens with zero attached hydrogens (tertiary/aromatic N) is 3. The van der Waals surface area contributed by atoms with E-state index < -0.39 is 11.9 Å². The molecule has 0 saturated heterocycles. The van der Waals surface area contributed by atoms with Crippen molar-refractivity contribution in [2.45, 2.75) is 18.6 Å². The van der Waals surface area contributed by atoms with Crippen molar-refractivity contribution < 1.29 is 8.81 Å². The second kappa shape index (κ2) is 5.54. The Labute approximate surface area is 151 Å². The van der Waals surface area contributed by atoms with Crippen LogP contribution in [0.5, 0.6) is 0 Å². The lowest BCUT2D eigenvalue weighted by Gasteiger charge is -2.09. The van der Waals surface area contributed by atoms with Crippen molar-refractivity contribution in [3.05, 3.63) is 58.2 Å². The normalized spacial score (nSPS) is 19.2. The monoisotopic (exact) mass is 370 g/mol. The quantitative estimate of drug-likeness (QED) is 0.595. The number of nitrogens with one attached hydrogen (secondary N) is 1. The molecule has 1 saturated carbocycles. The van der Waals surface area contributed by atoms with Crippen LogP contribution in [-0.4, -0.2) is 26.7 Å². The number of benzene rings is 1. The largest absolute Gasteiger partial charge is 0.450 e. The van der Waals surface area contributed by atoms with Crippen LogP contribution in [0.3, 0.4) is 0 Å². The molecule has 5 rings (SSSR count). The number of pyridine rings is 1. The molecule has 4 aromatic rings. The molecule has 0 radical (unpaired) electrons. The summed E-state index contributed by atoms with van der Waals surface area (Å²) in [6.45, 7) is 0. The number of fused-ring (bicyclic) bond motifs is 3. The zero-order chi connectivity index (χ0) is 17.8. The van der Waals surface area contributed by atoms with Crippen LogP contribution in [0.4, 0.5) is 10.2 Å². The predicted octanol–water partition coefficient (Wildman–Crippen LogP) is 3.70. The lowest BCUT2D eigenvalue weighted by atomic mass is 10.2. The van der Waals surface area contributed by atoms with Gasteiger partial charge in [-0.2, -0.15) is 4.98 Å². The number of rotatable bonds is 3. The highest BCUT2D eigenvalue weighted by Gasteiger charge is 2.38. The van der Waals surface area contributed by atoms with Gasteiger partial charge in [-0.3, -0.25) is 9.55 Å². The smallest absolute Gasteiger partial charge is 0.354 e. The van der Waals surface area contributed by atoms with Crippen LogP contribution < -0.4 is 11.0 Å². The molecule has 0 unspecified atom stereocenters. The van der Waals surface area contributed by atoms with E-state index in [-0.39, 0.29) is 11.9 Å². The van der Waals surface area contributed by atoms with E-state index in [4.69, 9.17) is 16.0 Å². The molecule has 26 heavy (non-hydrogen) atoms. The Hall–Kier alpha value is -2.93. The number of halogens is 2. The Morgan fingerprint density at radius 3 is 2.92 bits per heavy atom. The molecule has 130 valence electrons. The fraction of sp³-hybridized carbons (Fsp3) is 0.167. The summed E-state index contributed by atoms with van der Waals surface area (Å²) >= 11 is 6.15. The van der Waals surface area contributed by atoms with Crippen molar-refractivity contribution in [2.24, 2.45) is 0 Å². The van der Waals surface area contributed by atoms with Crippen molar-refractivity contribution in [1.29, 1.82) is 0 Å². The minimum Gasteiger partial charge on any atom is -0.450 e. The standard InChI is InChI=1S/C18H12ClFN4O2/c19-9-3-4-14-11(6-9)15-16(26-14)17(22-13-7-12(13)20)23-18(25)24(15)10-2-1-5-21-8-10/h1-6,8,12-13H,7H2,(H,22,23,25)/t12-,13+/m0/s1. The maximum atomic E-state index is 13.3. The second-order valence-corrected chi connectivity index (χ2v) is 6.65. The van der Waals surface area contributed by atoms with Crippen LogP contribution in [0.15, 0.2) is 51.9 Å². The fourth-order valence-corrected chi connectivity index (χ4v) is 3.22. The van der Waals surface area contributed by atoms with Gasteiger partial charge < -0.3 is 9.73 Å². The molecular formula is C18H12ClFN4O2. The Bertz CT molecular complexity index is 1200. The molecule has 3 aromatic heterocycles. The number of hydrogen-bond acceptors (Lipinski definition) is 5. The van der Waals surface area contributed by atoms with Crippen molar-refractivity contribution >= 4 is 39.5 Å². The van der Waals surface area contributed by atoms with E-state index in [1.807, 2.05) is 0 Å². The molecule has 0 spiro atoms. The number of aromatic nitrogens is 3. The fourth-order valence-electron chi connectivity index (χ4n) is 3.04. The van der Waals surface area contributed by atoms with Gasteiger partial charge >= 0.3 is 5.69 Å². The average Bonchev–Trinajstić information content (AvgIpc) is 3.20. The van der Waals surface area contributed by atoms with Crippen LogP contribution in [0, 0.1) is 0 Å². The summed E-state index contributed by atoms with van der Waals surface area (Å²) in [7, 11) is 0. The molecule has 1 aliphatic rings. The Morgan fingerprint density at radius 1 is 1.35 bits per heavy atom. The third-order valence-electron chi connectivity index (χ3n) is 4.40. The summed E-state index contributed by atoms with van der Waals surface area (Å²) < 4.78 is 20.7. The summed E-state index contributed by atoms with van der Waals surface area (Å²) in [5.41, 5.74) is 1.51. The Kier molecular flexibility index (Phi) is 3.27. The Morgan fingerprint density at radius 2 is 2.19 bits per heavy atom. The molecule has 8 heteroatoms. The minimum absolute atomic E-state index is 0.239. The van der Waals surface area contributed by atoms with E-state index in [1.165, 1.54) is 4.57 Å². The molecule has 3 heterocycles. The van der Waals surface area contributed by atoms with E-state index >= 15 is 0 Å². The molecule has 0 bridgehead atoms. The van der Waals surface area contributed by atoms with Gasteiger partial charge in [-0.15, -0.1) is 0 Å². The van der Waals surface area contributed by atoms with Crippen LogP contribution in [0.1, 0.15) is 6.42 Å². The molecule has 1 fully saturated rings. The van der Waals surface area contributed by atoms with Gasteiger partial charge in [0.15, 0.2) is 11.4 Å². The lowest BCUT2D eigenvalue weighted by Crippen LogP contribution is -2.24. The molecule has 1 aliphatic carbocycles. The van der Waals surface area contributed by atoms with E-state index in [0.29, 0.717) is 39.2 Å². The van der Waals surface area contributed by atoms with E-state index in [2.05, 4.69) is 15.3 Å². The molecule has 2 atom stereocenters. The van der Waals surface area contributed by atoms with Gasteiger partial charge in [-0.1, -0.05) is 11.6 Å². The maximum absolute atomic E-state index is 13.3. The first kappa shape index (κ1) is 15.3. The molecule has 6 nitrogen and oxygen atoms in total. The van der Waals surface area contributed by atoms with Crippen LogP contribution >= 0.6 is 11.6 Å².